The van der Waals surface area contributed by atoms with Crippen LogP contribution in [0.4, 0.5) is 15.8 Å². The normalized spacial score (nSPS) is 15.0. The van der Waals surface area contributed by atoms with Gasteiger partial charge in [-0.15, -0.1) is 0 Å². The van der Waals surface area contributed by atoms with E-state index in [4.69, 9.17) is 57.1 Å². The number of piperazine rings is 1. The Bertz CT molecular complexity index is 2030. The molecular formula is C32H28Cl4FN7O2. The van der Waals surface area contributed by atoms with Crippen LogP contribution >= 0.6 is 46.4 Å². The summed E-state index contributed by atoms with van der Waals surface area (Å²) in [6, 6.07) is 5.06. The highest BCUT2D eigenvalue weighted by atomic mass is 35.5. The van der Waals surface area contributed by atoms with E-state index in [-0.39, 0.29) is 66.8 Å². The number of fused-ring (bicyclic) bond motifs is 1. The summed E-state index contributed by atoms with van der Waals surface area (Å²) in [7, 11) is 0. The zero-order valence-corrected chi connectivity index (χ0v) is 28.3. The van der Waals surface area contributed by atoms with E-state index in [0.717, 1.165) is 0 Å². The second kappa shape index (κ2) is 12.7. The average Bonchev–Trinajstić information content (AvgIpc) is 3.02. The van der Waals surface area contributed by atoms with Gasteiger partial charge >= 0.3 is 0 Å². The first kappa shape index (κ1) is 33.5. The van der Waals surface area contributed by atoms with E-state index in [9.17, 15) is 14.9 Å². The lowest BCUT2D eigenvalue weighted by Gasteiger charge is -2.41. The number of hydrogen-bond acceptors (Lipinski definition) is 7. The first-order valence-electron chi connectivity index (χ1n) is 14.2. The van der Waals surface area contributed by atoms with Crippen molar-refractivity contribution in [1.82, 2.24) is 19.4 Å². The maximum Gasteiger partial charge on any atom is 0.276 e. The van der Waals surface area contributed by atoms with Crippen LogP contribution < -0.4 is 16.2 Å². The van der Waals surface area contributed by atoms with Crippen LogP contribution in [0.1, 0.15) is 43.5 Å². The summed E-state index contributed by atoms with van der Waals surface area (Å²) in [5.41, 5.74) is 6.64. The highest BCUT2D eigenvalue weighted by molar-refractivity contribution is 6.47. The molecule has 1 amide bonds. The SMILES string of the molecule is C=CC(=O)N1CCN(c2c(C#N)c(=O)n(-c3c(C)ccnc3C(C)C)c3nc(-c4c(F)c(Cl)c(Cl)c(N)c4Cl)c(Cl)cc23)C[C@H]1C. The van der Waals surface area contributed by atoms with Crippen molar-refractivity contribution in [2.75, 3.05) is 30.3 Å². The third kappa shape index (κ3) is 5.35. The van der Waals surface area contributed by atoms with Crippen LogP contribution in [0.2, 0.25) is 20.1 Å². The Labute approximate surface area is 284 Å². The van der Waals surface area contributed by atoms with Gasteiger partial charge in [-0.1, -0.05) is 66.8 Å². The number of benzene rings is 1. The van der Waals surface area contributed by atoms with Gasteiger partial charge < -0.3 is 15.5 Å². The van der Waals surface area contributed by atoms with Gasteiger partial charge in [0, 0.05) is 37.3 Å². The van der Waals surface area contributed by atoms with Gasteiger partial charge in [0.25, 0.3) is 5.56 Å². The number of anilines is 2. The molecule has 4 heterocycles. The summed E-state index contributed by atoms with van der Waals surface area (Å²) in [6.07, 6.45) is 2.88. The van der Waals surface area contributed by atoms with Crippen LogP contribution in [-0.4, -0.2) is 51.0 Å². The molecule has 0 spiro atoms. The number of aromatic nitrogens is 3. The standard InChI is InChI=1S/C32H28Cl4FN7O2/c1-6-20(45)43-10-9-42(13-16(43)5)30-17-11-19(33)28(21-22(34)26(39)24(36)23(35)25(21)37)41-31(17)44(32(46)18(30)12-38)29-15(4)7-8-40-27(29)14(2)3/h6-8,11,14,16H,1,9-10,13,39H2,2-5H3/t16-/m1/s1. The maximum atomic E-state index is 15.7. The summed E-state index contributed by atoms with van der Waals surface area (Å²) in [5, 5.41) is 9.75. The fourth-order valence-corrected chi connectivity index (χ4v) is 6.76. The molecule has 0 aliphatic carbocycles. The minimum Gasteiger partial charge on any atom is -0.396 e. The number of amides is 1. The molecular weight excluding hydrogens is 675 g/mol. The zero-order chi connectivity index (χ0) is 33.8. The second-order valence-corrected chi connectivity index (χ2v) is 12.8. The minimum absolute atomic E-state index is 0.0538. The number of rotatable bonds is 5. The first-order valence-corrected chi connectivity index (χ1v) is 15.7. The van der Waals surface area contributed by atoms with Crippen LogP contribution in [-0.2, 0) is 4.79 Å². The van der Waals surface area contributed by atoms with Crippen molar-refractivity contribution in [3.8, 4) is 23.0 Å². The number of carbonyl (C=O) groups is 1. The third-order valence-electron chi connectivity index (χ3n) is 8.05. The quantitative estimate of drug-likeness (QED) is 0.100. The predicted octanol–water partition coefficient (Wildman–Crippen LogP) is 7.31. The lowest BCUT2D eigenvalue weighted by molar-refractivity contribution is -0.128. The molecule has 1 atom stereocenters. The van der Waals surface area contributed by atoms with Gasteiger partial charge in [0.05, 0.1) is 54.1 Å². The van der Waals surface area contributed by atoms with Gasteiger partial charge in [0.2, 0.25) is 5.91 Å². The van der Waals surface area contributed by atoms with E-state index >= 15 is 4.39 Å². The van der Waals surface area contributed by atoms with E-state index in [0.29, 0.717) is 42.0 Å². The van der Waals surface area contributed by atoms with Gasteiger partial charge in [-0.05, 0) is 43.5 Å². The molecule has 3 aromatic heterocycles. The fraction of sp³-hybridized carbons (Fsp3) is 0.281. The number of hydrogen-bond donors (Lipinski definition) is 1. The maximum absolute atomic E-state index is 15.7. The van der Waals surface area contributed by atoms with Gasteiger partial charge in [-0.25, -0.2) is 9.37 Å². The van der Waals surface area contributed by atoms with Crippen molar-refractivity contribution in [3.05, 3.63) is 84.1 Å². The van der Waals surface area contributed by atoms with Crippen LogP contribution in [0, 0.1) is 24.1 Å². The molecule has 0 bridgehead atoms. The van der Waals surface area contributed by atoms with Crippen LogP contribution in [0.15, 0.2) is 35.8 Å². The highest BCUT2D eigenvalue weighted by Gasteiger charge is 2.33. The topological polar surface area (TPSA) is 121 Å². The second-order valence-electron chi connectivity index (χ2n) is 11.3. The van der Waals surface area contributed by atoms with E-state index in [1.165, 1.54) is 16.7 Å². The molecule has 1 aliphatic rings. The number of halogens is 5. The molecule has 1 aromatic carbocycles. The van der Waals surface area contributed by atoms with Crippen molar-refractivity contribution in [2.24, 2.45) is 0 Å². The van der Waals surface area contributed by atoms with Gasteiger partial charge in [-0.3, -0.25) is 19.1 Å². The summed E-state index contributed by atoms with van der Waals surface area (Å²) in [4.78, 5) is 39.8. The van der Waals surface area contributed by atoms with E-state index in [2.05, 4.69) is 17.6 Å². The number of aryl methyl sites for hydroxylation is 1. The first-order chi connectivity index (χ1) is 21.7. The molecule has 1 fully saturated rings. The van der Waals surface area contributed by atoms with Crippen molar-refractivity contribution >= 4 is 74.7 Å². The number of pyridine rings is 3. The molecule has 238 valence electrons. The molecule has 2 N–H and O–H groups in total. The molecule has 1 saturated heterocycles. The number of nitrogen functional groups attached to an aromatic ring is 1. The largest absolute Gasteiger partial charge is 0.396 e. The summed E-state index contributed by atoms with van der Waals surface area (Å²) in [5.74, 6) is -1.36. The van der Waals surface area contributed by atoms with Crippen LogP contribution in [0.25, 0.3) is 28.0 Å². The lowest BCUT2D eigenvalue weighted by atomic mass is 10.0. The number of nitrogens with two attached hydrogens (primary N) is 1. The lowest BCUT2D eigenvalue weighted by Crippen LogP contribution is -2.54. The number of nitriles is 1. The minimum atomic E-state index is -1.00. The molecule has 0 unspecified atom stereocenters. The monoisotopic (exact) mass is 701 g/mol. The van der Waals surface area contributed by atoms with E-state index in [1.807, 2.05) is 32.6 Å². The zero-order valence-electron chi connectivity index (χ0n) is 25.3. The van der Waals surface area contributed by atoms with Crippen molar-refractivity contribution in [1.29, 1.82) is 5.26 Å². The molecule has 46 heavy (non-hydrogen) atoms. The van der Waals surface area contributed by atoms with E-state index in [1.54, 1.807) is 17.2 Å². The molecule has 14 heteroatoms. The Kier molecular flexibility index (Phi) is 9.26. The van der Waals surface area contributed by atoms with Crippen molar-refractivity contribution in [3.63, 3.8) is 0 Å². The van der Waals surface area contributed by atoms with Crippen molar-refractivity contribution in [2.45, 2.75) is 39.7 Å². The molecule has 0 saturated carbocycles. The third-order valence-corrected chi connectivity index (χ3v) is 9.57. The number of carbonyl (C=O) groups excluding carboxylic acids is 1. The Morgan fingerprint density at radius 1 is 1.20 bits per heavy atom. The molecule has 5 rings (SSSR count). The Morgan fingerprint density at radius 2 is 1.89 bits per heavy atom. The number of nitrogens with zero attached hydrogens (tertiary/aromatic N) is 6. The average molecular weight is 703 g/mol. The summed E-state index contributed by atoms with van der Waals surface area (Å²) < 4.78 is 17.1. The Balaban J connectivity index is 1.94. The molecule has 1 aliphatic heterocycles. The smallest absolute Gasteiger partial charge is 0.276 e. The van der Waals surface area contributed by atoms with Gasteiger partial charge in [0.1, 0.15) is 17.3 Å². The summed E-state index contributed by atoms with van der Waals surface area (Å²) in [6.45, 7) is 12.0. The van der Waals surface area contributed by atoms with E-state index < -0.39 is 16.4 Å². The molecule has 0 radical (unpaired) electrons. The van der Waals surface area contributed by atoms with Gasteiger partial charge in [-0.2, -0.15) is 5.26 Å². The highest BCUT2D eigenvalue weighted by Crippen LogP contribution is 2.46. The molecule has 4 aromatic rings. The molecule has 9 nitrogen and oxygen atoms in total. The van der Waals surface area contributed by atoms with Gasteiger partial charge in [0.15, 0.2) is 5.82 Å². The Morgan fingerprint density at radius 3 is 2.50 bits per heavy atom. The Hall–Kier alpha value is -3.88. The van der Waals surface area contributed by atoms with Crippen molar-refractivity contribution < 1.29 is 9.18 Å². The predicted molar refractivity (Wildman–Crippen MR) is 182 cm³/mol. The summed E-state index contributed by atoms with van der Waals surface area (Å²) >= 11 is 25.6. The van der Waals surface area contributed by atoms with Crippen LogP contribution in [0.5, 0.6) is 0 Å². The fourth-order valence-electron chi connectivity index (χ4n) is 5.83. The van der Waals surface area contributed by atoms with Crippen LogP contribution in [0.3, 0.4) is 0 Å².